The predicted octanol–water partition coefficient (Wildman–Crippen LogP) is 0.888. The normalized spacial score (nSPS) is 20.7. The van der Waals surface area contributed by atoms with Crippen LogP contribution in [0.1, 0.15) is 11.6 Å². The Morgan fingerprint density at radius 3 is 2.89 bits per heavy atom. The topological polar surface area (TPSA) is 86.4 Å². The summed E-state index contributed by atoms with van der Waals surface area (Å²) >= 11 is 0. The van der Waals surface area contributed by atoms with E-state index in [0.29, 0.717) is 17.2 Å². The van der Waals surface area contributed by atoms with E-state index in [1.807, 2.05) is 0 Å². The van der Waals surface area contributed by atoms with Crippen LogP contribution >= 0.6 is 0 Å². The Kier molecular flexibility index (Phi) is 2.48. The molecular weight excluding hydrogens is 250 g/mol. The maximum absolute atomic E-state index is 11.5. The summed E-state index contributed by atoms with van der Waals surface area (Å²) < 4.78 is 15.9. The van der Waals surface area contributed by atoms with Gasteiger partial charge in [0.05, 0.1) is 7.11 Å². The quantitative estimate of drug-likeness (QED) is 0.856. The van der Waals surface area contributed by atoms with Crippen LogP contribution in [0, 0.1) is 0 Å². The number of hydrogen-bond donors (Lipinski definition) is 1. The number of nitrogens with zero attached hydrogens (tertiary/aromatic N) is 2. The number of ether oxygens (including phenoxy) is 3. The summed E-state index contributed by atoms with van der Waals surface area (Å²) in [6.07, 6.45) is 0. The molecule has 0 aromatic heterocycles. The average molecular weight is 263 g/mol. The van der Waals surface area contributed by atoms with Crippen LogP contribution in [-0.2, 0) is 0 Å². The average Bonchev–Trinajstić information content (AvgIpc) is 2.94. The summed E-state index contributed by atoms with van der Waals surface area (Å²) in [5.74, 6) is 1.95. The number of carbonyl (C=O) groups excluding carboxylic acids is 1. The second-order valence-electron chi connectivity index (χ2n) is 4.29. The van der Waals surface area contributed by atoms with Crippen molar-refractivity contribution in [2.24, 2.45) is 10.7 Å². The molecule has 7 heteroatoms. The number of aliphatic imine (C=N–C) groups is 1. The van der Waals surface area contributed by atoms with E-state index in [1.54, 1.807) is 26.3 Å². The highest BCUT2D eigenvalue weighted by Crippen LogP contribution is 2.44. The van der Waals surface area contributed by atoms with Crippen LogP contribution < -0.4 is 19.9 Å². The van der Waals surface area contributed by atoms with E-state index in [0.717, 1.165) is 5.56 Å². The van der Waals surface area contributed by atoms with Gasteiger partial charge in [-0.2, -0.15) is 4.99 Å². The highest BCUT2D eigenvalue weighted by Gasteiger charge is 2.33. The van der Waals surface area contributed by atoms with E-state index in [4.69, 9.17) is 19.9 Å². The number of urea groups is 1. The van der Waals surface area contributed by atoms with Crippen LogP contribution in [0.25, 0.3) is 0 Å². The van der Waals surface area contributed by atoms with Gasteiger partial charge in [0, 0.05) is 7.05 Å². The maximum Gasteiger partial charge on any atom is 0.345 e. The number of nitrogens with two attached hydrogens (primary N) is 1. The molecule has 0 fully saturated rings. The molecule has 0 spiro atoms. The Bertz CT molecular complexity index is 585. The van der Waals surface area contributed by atoms with E-state index < -0.39 is 6.04 Å². The molecule has 2 N–H and O–H groups in total. The van der Waals surface area contributed by atoms with Gasteiger partial charge in [-0.25, -0.2) is 4.79 Å². The van der Waals surface area contributed by atoms with Gasteiger partial charge in [-0.05, 0) is 17.7 Å². The number of likely N-dealkylation sites (N-methyl/N-ethyl adjacent to an activating group) is 1. The number of amidine groups is 1. The largest absolute Gasteiger partial charge is 0.493 e. The standard InChI is InChI=1S/C12H13N3O4/c1-15-9(11(13)14-12(15)16)6-3-7(17-2)10-8(4-6)18-5-19-10/h3-4,9H,5H2,1-2H3,(H2,13,14,16). The summed E-state index contributed by atoms with van der Waals surface area (Å²) in [5, 5.41) is 0. The zero-order chi connectivity index (χ0) is 13.6. The van der Waals surface area contributed by atoms with Crippen LogP contribution in [0.2, 0.25) is 0 Å². The van der Waals surface area contributed by atoms with Crippen LogP contribution in [0.15, 0.2) is 17.1 Å². The Morgan fingerprint density at radius 1 is 1.47 bits per heavy atom. The van der Waals surface area contributed by atoms with Gasteiger partial charge < -0.3 is 24.8 Å². The molecule has 7 nitrogen and oxygen atoms in total. The highest BCUT2D eigenvalue weighted by atomic mass is 16.7. The molecule has 1 aromatic rings. The summed E-state index contributed by atoms with van der Waals surface area (Å²) in [6, 6.07) is 2.79. The SMILES string of the molecule is COc1cc(C2C(N)=NC(=O)N2C)cc2c1OCO2. The van der Waals surface area contributed by atoms with Gasteiger partial charge in [0.1, 0.15) is 11.9 Å². The van der Waals surface area contributed by atoms with E-state index >= 15 is 0 Å². The molecular formula is C12H13N3O4. The van der Waals surface area contributed by atoms with Gasteiger partial charge in [-0.15, -0.1) is 0 Å². The zero-order valence-corrected chi connectivity index (χ0v) is 10.5. The van der Waals surface area contributed by atoms with Crippen LogP contribution in [0.5, 0.6) is 17.2 Å². The third kappa shape index (κ3) is 1.66. The van der Waals surface area contributed by atoms with Crippen molar-refractivity contribution in [3.63, 3.8) is 0 Å². The molecule has 3 rings (SSSR count). The fourth-order valence-electron chi connectivity index (χ4n) is 2.26. The van der Waals surface area contributed by atoms with Crippen LogP contribution in [0.3, 0.4) is 0 Å². The first-order valence-corrected chi connectivity index (χ1v) is 5.70. The van der Waals surface area contributed by atoms with E-state index in [9.17, 15) is 4.79 Å². The third-order valence-corrected chi connectivity index (χ3v) is 3.19. The molecule has 1 atom stereocenters. The Morgan fingerprint density at radius 2 is 2.26 bits per heavy atom. The first kappa shape index (κ1) is 11.6. The fourth-order valence-corrected chi connectivity index (χ4v) is 2.26. The zero-order valence-electron chi connectivity index (χ0n) is 10.5. The highest BCUT2D eigenvalue weighted by molar-refractivity contribution is 6.03. The number of rotatable bonds is 2. The molecule has 0 bridgehead atoms. The van der Waals surface area contributed by atoms with Crippen molar-refractivity contribution in [3.05, 3.63) is 17.7 Å². The Balaban J connectivity index is 2.07. The Labute approximate surface area is 109 Å². The molecule has 2 aliphatic rings. The maximum atomic E-state index is 11.5. The van der Waals surface area contributed by atoms with Crippen molar-refractivity contribution >= 4 is 11.9 Å². The van der Waals surface area contributed by atoms with Gasteiger partial charge >= 0.3 is 6.03 Å². The molecule has 0 radical (unpaired) electrons. The summed E-state index contributed by atoms with van der Waals surface area (Å²) in [4.78, 5) is 16.7. The predicted molar refractivity (Wildman–Crippen MR) is 66.6 cm³/mol. The van der Waals surface area contributed by atoms with Crippen LogP contribution in [0.4, 0.5) is 4.79 Å². The summed E-state index contributed by atoms with van der Waals surface area (Å²) in [5.41, 5.74) is 6.58. The van der Waals surface area contributed by atoms with Gasteiger partial charge in [0.2, 0.25) is 12.5 Å². The molecule has 1 unspecified atom stereocenters. The van der Waals surface area contributed by atoms with Crippen molar-refractivity contribution in [1.29, 1.82) is 0 Å². The van der Waals surface area contributed by atoms with E-state index in [-0.39, 0.29) is 18.7 Å². The molecule has 1 aromatic carbocycles. The minimum absolute atomic E-state index is 0.151. The monoisotopic (exact) mass is 263 g/mol. The van der Waals surface area contributed by atoms with Crippen LogP contribution in [-0.4, -0.2) is 37.7 Å². The minimum atomic E-state index is -0.407. The second kappa shape index (κ2) is 4.04. The molecule has 19 heavy (non-hydrogen) atoms. The van der Waals surface area contributed by atoms with Gasteiger partial charge in [-0.3, -0.25) is 0 Å². The minimum Gasteiger partial charge on any atom is -0.493 e. The molecule has 0 aliphatic carbocycles. The van der Waals surface area contributed by atoms with E-state index in [2.05, 4.69) is 4.99 Å². The van der Waals surface area contributed by atoms with Crippen molar-refractivity contribution in [2.45, 2.75) is 6.04 Å². The second-order valence-corrected chi connectivity index (χ2v) is 4.29. The van der Waals surface area contributed by atoms with Gasteiger partial charge in [-0.1, -0.05) is 0 Å². The smallest absolute Gasteiger partial charge is 0.345 e. The van der Waals surface area contributed by atoms with Gasteiger partial charge in [0.25, 0.3) is 0 Å². The summed E-state index contributed by atoms with van der Waals surface area (Å²) in [7, 11) is 3.19. The van der Waals surface area contributed by atoms with Crippen molar-refractivity contribution in [3.8, 4) is 17.2 Å². The fraction of sp³-hybridized carbons (Fsp3) is 0.333. The lowest BCUT2D eigenvalue weighted by atomic mass is 10.0. The summed E-state index contributed by atoms with van der Waals surface area (Å²) in [6.45, 7) is 0.151. The Hall–Kier alpha value is -2.44. The number of methoxy groups -OCH3 is 1. The molecule has 0 saturated heterocycles. The van der Waals surface area contributed by atoms with Crippen molar-refractivity contribution in [2.75, 3.05) is 21.0 Å². The molecule has 2 amide bonds. The van der Waals surface area contributed by atoms with E-state index in [1.165, 1.54) is 4.90 Å². The molecule has 100 valence electrons. The third-order valence-electron chi connectivity index (χ3n) is 3.19. The molecule has 2 heterocycles. The molecule has 2 aliphatic heterocycles. The van der Waals surface area contributed by atoms with Crippen molar-refractivity contribution in [1.82, 2.24) is 4.90 Å². The number of carbonyl (C=O) groups is 1. The lowest BCUT2D eigenvalue weighted by Crippen LogP contribution is -2.30. The number of benzene rings is 1. The lowest BCUT2D eigenvalue weighted by molar-refractivity contribution is 0.171. The lowest BCUT2D eigenvalue weighted by Gasteiger charge is -2.20. The number of fused-ring (bicyclic) bond motifs is 1. The molecule has 0 saturated carbocycles. The van der Waals surface area contributed by atoms with Crippen molar-refractivity contribution < 1.29 is 19.0 Å². The first-order valence-electron chi connectivity index (χ1n) is 5.70. The van der Waals surface area contributed by atoms with Gasteiger partial charge in [0.15, 0.2) is 11.5 Å². The first-order chi connectivity index (χ1) is 9.11. The number of amides is 2. The number of hydrogen-bond acceptors (Lipinski definition) is 5.